The SMILES string of the molecule is O=C(O)c1cc(F)c(F)c(S(=O)(=O)CCO)c1. The van der Waals surface area contributed by atoms with E-state index in [4.69, 9.17) is 10.2 Å². The van der Waals surface area contributed by atoms with Gasteiger partial charge >= 0.3 is 5.97 Å². The van der Waals surface area contributed by atoms with Gasteiger partial charge in [-0.15, -0.1) is 0 Å². The van der Waals surface area contributed by atoms with Crippen LogP contribution in [0.15, 0.2) is 17.0 Å². The highest BCUT2D eigenvalue weighted by atomic mass is 32.2. The molecule has 0 fully saturated rings. The highest BCUT2D eigenvalue weighted by molar-refractivity contribution is 7.91. The van der Waals surface area contributed by atoms with Gasteiger partial charge in [0.25, 0.3) is 0 Å². The zero-order chi connectivity index (χ0) is 13.2. The molecule has 0 saturated heterocycles. The van der Waals surface area contributed by atoms with Crippen molar-refractivity contribution in [1.29, 1.82) is 0 Å². The number of carboxylic acids is 1. The highest BCUT2D eigenvalue weighted by Gasteiger charge is 2.24. The van der Waals surface area contributed by atoms with E-state index in [1.807, 2.05) is 0 Å². The molecule has 94 valence electrons. The van der Waals surface area contributed by atoms with Crippen molar-refractivity contribution in [3.05, 3.63) is 29.3 Å². The molecule has 0 aliphatic rings. The number of halogens is 2. The maximum absolute atomic E-state index is 13.2. The monoisotopic (exact) mass is 266 g/mol. The Kier molecular flexibility index (Phi) is 3.79. The fourth-order valence-electron chi connectivity index (χ4n) is 1.14. The maximum Gasteiger partial charge on any atom is 0.335 e. The first kappa shape index (κ1) is 13.5. The van der Waals surface area contributed by atoms with Crippen molar-refractivity contribution >= 4 is 15.8 Å². The Morgan fingerprint density at radius 3 is 2.35 bits per heavy atom. The molecule has 0 saturated carbocycles. The molecule has 1 aromatic carbocycles. The number of sulfone groups is 1. The second-order valence-corrected chi connectivity index (χ2v) is 5.20. The molecule has 0 amide bonds. The molecule has 0 heterocycles. The number of aliphatic hydroxyl groups is 1. The van der Waals surface area contributed by atoms with Gasteiger partial charge in [-0.1, -0.05) is 0 Å². The lowest BCUT2D eigenvalue weighted by Crippen LogP contribution is -2.14. The summed E-state index contributed by atoms with van der Waals surface area (Å²) in [7, 11) is -4.25. The van der Waals surface area contributed by atoms with Crippen LogP contribution in [0.1, 0.15) is 10.4 Å². The molecule has 0 aromatic heterocycles. The summed E-state index contributed by atoms with van der Waals surface area (Å²) >= 11 is 0. The summed E-state index contributed by atoms with van der Waals surface area (Å²) in [4.78, 5) is 9.50. The van der Waals surface area contributed by atoms with Crippen molar-refractivity contribution in [2.24, 2.45) is 0 Å². The van der Waals surface area contributed by atoms with Gasteiger partial charge in [0.05, 0.1) is 17.9 Å². The molecule has 1 aromatic rings. The van der Waals surface area contributed by atoms with Gasteiger partial charge in [-0.2, -0.15) is 0 Å². The minimum absolute atomic E-state index is 0.385. The predicted molar refractivity (Wildman–Crippen MR) is 52.5 cm³/mol. The Hall–Kier alpha value is -1.54. The molecule has 0 aliphatic carbocycles. The molecule has 0 spiro atoms. The van der Waals surface area contributed by atoms with Crippen molar-refractivity contribution in [2.75, 3.05) is 12.4 Å². The molecule has 17 heavy (non-hydrogen) atoms. The standard InChI is InChI=1S/C9H8F2O5S/c10-6-3-5(9(13)14)4-7(8(6)11)17(15,16)2-1-12/h3-4,12H,1-2H2,(H,13,14). The van der Waals surface area contributed by atoms with Crippen LogP contribution in [0.4, 0.5) is 8.78 Å². The summed E-state index contributed by atoms with van der Waals surface area (Å²) < 4.78 is 49.1. The molecular formula is C9H8F2O5S. The molecular weight excluding hydrogens is 258 g/mol. The van der Waals surface area contributed by atoms with Gasteiger partial charge in [-0.05, 0) is 12.1 Å². The molecule has 8 heteroatoms. The Morgan fingerprint density at radius 1 is 1.29 bits per heavy atom. The summed E-state index contributed by atoms with van der Waals surface area (Å²) in [5, 5.41) is 17.1. The fourth-order valence-corrected chi connectivity index (χ4v) is 2.28. The number of aromatic carboxylic acids is 1. The van der Waals surface area contributed by atoms with E-state index in [-0.39, 0.29) is 0 Å². The largest absolute Gasteiger partial charge is 0.478 e. The van der Waals surface area contributed by atoms with Crippen molar-refractivity contribution in [1.82, 2.24) is 0 Å². The third kappa shape index (κ3) is 2.77. The van der Waals surface area contributed by atoms with E-state index in [1.165, 1.54) is 0 Å². The van der Waals surface area contributed by atoms with Gasteiger partial charge in [0, 0.05) is 0 Å². The van der Waals surface area contributed by atoms with Crippen molar-refractivity contribution in [3.63, 3.8) is 0 Å². The number of aliphatic hydroxyl groups excluding tert-OH is 1. The number of carboxylic acid groups (broad SMARTS) is 1. The van der Waals surface area contributed by atoms with Crippen LogP contribution >= 0.6 is 0 Å². The van der Waals surface area contributed by atoms with Crippen LogP contribution < -0.4 is 0 Å². The molecule has 0 bridgehead atoms. The van der Waals surface area contributed by atoms with E-state index in [9.17, 15) is 22.0 Å². The molecule has 2 N–H and O–H groups in total. The number of rotatable bonds is 4. The minimum Gasteiger partial charge on any atom is -0.478 e. The average Bonchev–Trinajstić information content (AvgIpc) is 2.21. The lowest BCUT2D eigenvalue weighted by molar-refractivity contribution is 0.0696. The number of benzene rings is 1. The lowest BCUT2D eigenvalue weighted by atomic mass is 10.2. The molecule has 0 unspecified atom stereocenters. The minimum atomic E-state index is -4.25. The smallest absolute Gasteiger partial charge is 0.335 e. The maximum atomic E-state index is 13.2. The molecule has 5 nitrogen and oxygen atoms in total. The van der Waals surface area contributed by atoms with Crippen LogP contribution in [0.2, 0.25) is 0 Å². The summed E-state index contributed by atoms with van der Waals surface area (Å²) in [6, 6.07) is 0.904. The van der Waals surface area contributed by atoms with Crippen LogP contribution in [0.3, 0.4) is 0 Å². The van der Waals surface area contributed by atoms with Crippen LogP contribution in [0.25, 0.3) is 0 Å². The van der Waals surface area contributed by atoms with E-state index in [0.717, 1.165) is 0 Å². The van der Waals surface area contributed by atoms with Crippen LogP contribution in [-0.2, 0) is 9.84 Å². The van der Waals surface area contributed by atoms with E-state index in [0.29, 0.717) is 12.1 Å². The van der Waals surface area contributed by atoms with Gasteiger partial charge in [-0.3, -0.25) is 0 Å². The van der Waals surface area contributed by atoms with Crippen LogP contribution in [0.5, 0.6) is 0 Å². The topological polar surface area (TPSA) is 91.7 Å². The third-order valence-electron chi connectivity index (χ3n) is 1.94. The van der Waals surface area contributed by atoms with Crippen LogP contribution in [0, 0.1) is 11.6 Å². The number of hydrogen-bond donors (Lipinski definition) is 2. The lowest BCUT2D eigenvalue weighted by Gasteiger charge is -2.06. The zero-order valence-corrected chi connectivity index (χ0v) is 9.17. The Labute approximate surface area is 95.2 Å². The normalized spacial score (nSPS) is 11.5. The fraction of sp³-hybridized carbons (Fsp3) is 0.222. The Balaban J connectivity index is 3.48. The Morgan fingerprint density at radius 2 is 1.88 bits per heavy atom. The van der Waals surface area contributed by atoms with Gasteiger partial charge in [0.2, 0.25) is 0 Å². The summed E-state index contributed by atoms with van der Waals surface area (Å²) in [5.74, 6) is -5.61. The Bertz CT molecular complexity index is 553. The van der Waals surface area contributed by atoms with E-state index < -0.39 is 50.3 Å². The van der Waals surface area contributed by atoms with Gasteiger partial charge in [0.15, 0.2) is 21.5 Å². The van der Waals surface area contributed by atoms with Crippen LogP contribution in [-0.4, -0.2) is 37.0 Å². The van der Waals surface area contributed by atoms with E-state index in [1.54, 1.807) is 0 Å². The molecule has 0 aliphatic heterocycles. The third-order valence-corrected chi connectivity index (χ3v) is 3.62. The first-order valence-electron chi connectivity index (χ1n) is 4.35. The average molecular weight is 266 g/mol. The first-order valence-corrected chi connectivity index (χ1v) is 6.01. The zero-order valence-electron chi connectivity index (χ0n) is 8.35. The number of carbonyl (C=O) groups is 1. The quantitative estimate of drug-likeness (QED) is 0.824. The van der Waals surface area contributed by atoms with Gasteiger partial charge in [-0.25, -0.2) is 22.0 Å². The summed E-state index contributed by atoms with van der Waals surface area (Å²) in [6.07, 6.45) is 0. The summed E-state index contributed by atoms with van der Waals surface area (Å²) in [5.41, 5.74) is -0.680. The molecule has 0 radical (unpaired) electrons. The number of hydrogen-bond acceptors (Lipinski definition) is 4. The van der Waals surface area contributed by atoms with Crippen molar-refractivity contribution in [2.45, 2.75) is 4.90 Å². The van der Waals surface area contributed by atoms with E-state index >= 15 is 0 Å². The predicted octanol–water partition coefficient (Wildman–Crippen LogP) is 0.429. The van der Waals surface area contributed by atoms with Gasteiger partial charge in [0.1, 0.15) is 4.90 Å². The molecule has 1 rings (SSSR count). The van der Waals surface area contributed by atoms with E-state index in [2.05, 4.69) is 0 Å². The van der Waals surface area contributed by atoms with Crippen molar-refractivity contribution in [3.8, 4) is 0 Å². The summed E-state index contributed by atoms with van der Waals surface area (Å²) in [6.45, 7) is -0.777. The first-order chi connectivity index (χ1) is 7.79. The van der Waals surface area contributed by atoms with Gasteiger partial charge < -0.3 is 10.2 Å². The second-order valence-electron chi connectivity index (χ2n) is 3.12. The van der Waals surface area contributed by atoms with Crippen molar-refractivity contribution < 1.29 is 32.2 Å². The highest BCUT2D eigenvalue weighted by Crippen LogP contribution is 2.21. The second kappa shape index (κ2) is 4.76. The molecule has 0 atom stereocenters.